The Bertz CT molecular complexity index is 121. The van der Waals surface area contributed by atoms with E-state index in [9.17, 15) is 0 Å². The first-order valence-corrected chi connectivity index (χ1v) is 3.97. The molecule has 66 valence electrons. The molecule has 0 aliphatic carbocycles. The summed E-state index contributed by atoms with van der Waals surface area (Å²) in [5.41, 5.74) is 5.31. The number of nitrogens with two attached hydrogens (primary N) is 1. The van der Waals surface area contributed by atoms with E-state index in [0.29, 0.717) is 6.04 Å². The zero-order chi connectivity index (χ0) is 8.85. The van der Waals surface area contributed by atoms with Crippen molar-refractivity contribution in [2.75, 3.05) is 14.1 Å². The summed E-state index contributed by atoms with van der Waals surface area (Å²) < 4.78 is 0. The maximum atomic E-state index is 5.31. The van der Waals surface area contributed by atoms with Gasteiger partial charge in [-0.1, -0.05) is 6.92 Å². The van der Waals surface area contributed by atoms with Crippen LogP contribution >= 0.6 is 0 Å². The Morgan fingerprint density at radius 2 is 2.00 bits per heavy atom. The van der Waals surface area contributed by atoms with Crippen molar-refractivity contribution in [2.24, 2.45) is 5.73 Å². The fourth-order valence-corrected chi connectivity index (χ4v) is 0.950. The molecule has 0 saturated carbocycles. The first-order valence-electron chi connectivity index (χ1n) is 3.97. The van der Waals surface area contributed by atoms with Crippen LogP contribution in [0.4, 0.5) is 0 Å². The van der Waals surface area contributed by atoms with Crippen molar-refractivity contribution < 1.29 is 0 Å². The van der Waals surface area contributed by atoms with E-state index >= 15 is 0 Å². The summed E-state index contributed by atoms with van der Waals surface area (Å²) in [6.45, 7) is 4.32. The Kier molecular flexibility index (Phi) is 4.70. The van der Waals surface area contributed by atoms with E-state index in [1.807, 2.05) is 25.3 Å². The lowest BCUT2D eigenvalue weighted by Gasteiger charge is -2.32. The first kappa shape index (κ1) is 10.3. The topological polar surface area (TPSA) is 32.5 Å². The minimum atomic E-state index is 0.504. The third-order valence-electron chi connectivity index (χ3n) is 1.74. The second-order valence-corrected chi connectivity index (χ2v) is 2.83. The Balaban J connectivity index is 4.09. The summed E-state index contributed by atoms with van der Waals surface area (Å²) in [6.07, 6.45) is 4.56. The summed E-state index contributed by atoms with van der Waals surface area (Å²) in [5.74, 6) is 0. The summed E-state index contributed by atoms with van der Waals surface area (Å²) in [6, 6.07) is 0.504. The molecule has 0 aromatic heterocycles. The van der Waals surface area contributed by atoms with Gasteiger partial charge in [0.05, 0.1) is 0 Å². The van der Waals surface area contributed by atoms with Gasteiger partial charge in [-0.15, -0.1) is 0 Å². The van der Waals surface area contributed by atoms with Crippen LogP contribution in [-0.4, -0.2) is 30.2 Å². The fraction of sp³-hybridized carbons (Fsp3) is 0.750. The molecule has 0 radical (unpaired) electrons. The van der Waals surface area contributed by atoms with Crippen molar-refractivity contribution in [1.82, 2.24) is 10.0 Å². The lowest BCUT2D eigenvalue weighted by atomic mass is 10.2. The average Bonchev–Trinajstić information content (AvgIpc) is 1.98. The van der Waals surface area contributed by atoms with Gasteiger partial charge >= 0.3 is 0 Å². The normalized spacial score (nSPS) is 14.3. The van der Waals surface area contributed by atoms with Gasteiger partial charge in [0, 0.05) is 32.5 Å². The summed E-state index contributed by atoms with van der Waals surface area (Å²) in [7, 11) is 4.01. The van der Waals surface area contributed by atoms with Crippen LogP contribution in [0.25, 0.3) is 0 Å². The van der Waals surface area contributed by atoms with Crippen molar-refractivity contribution in [2.45, 2.75) is 26.3 Å². The number of hydrazine groups is 1. The maximum Gasteiger partial charge on any atom is 0.0420 e. The summed E-state index contributed by atoms with van der Waals surface area (Å²) >= 11 is 0. The van der Waals surface area contributed by atoms with Gasteiger partial charge in [0.2, 0.25) is 0 Å². The predicted molar refractivity (Wildman–Crippen MR) is 48.6 cm³/mol. The highest BCUT2D eigenvalue weighted by atomic mass is 15.6. The number of rotatable bonds is 4. The van der Waals surface area contributed by atoms with Crippen LogP contribution in [0.2, 0.25) is 0 Å². The van der Waals surface area contributed by atoms with Gasteiger partial charge < -0.3 is 10.7 Å². The summed E-state index contributed by atoms with van der Waals surface area (Å²) in [5, 5.41) is 4.12. The molecule has 0 saturated heterocycles. The van der Waals surface area contributed by atoms with E-state index in [1.165, 1.54) is 0 Å². The van der Waals surface area contributed by atoms with Gasteiger partial charge in [-0.05, 0) is 13.3 Å². The van der Waals surface area contributed by atoms with E-state index in [0.717, 1.165) is 6.42 Å². The van der Waals surface area contributed by atoms with E-state index in [2.05, 4.69) is 18.9 Å². The molecule has 0 heterocycles. The van der Waals surface area contributed by atoms with Crippen LogP contribution in [0.15, 0.2) is 12.4 Å². The average molecular weight is 157 g/mol. The molecule has 3 heteroatoms. The van der Waals surface area contributed by atoms with Crippen molar-refractivity contribution in [3.05, 3.63) is 12.4 Å². The number of hydrogen-bond acceptors (Lipinski definition) is 3. The Morgan fingerprint density at radius 1 is 1.45 bits per heavy atom. The van der Waals surface area contributed by atoms with E-state index in [-0.39, 0.29) is 0 Å². The first-order chi connectivity index (χ1) is 5.13. The predicted octanol–water partition coefficient (Wildman–Crippen LogP) is 0.993. The van der Waals surface area contributed by atoms with Crippen molar-refractivity contribution in [3.63, 3.8) is 0 Å². The lowest BCUT2D eigenvalue weighted by molar-refractivity contribution is 0.0407. The van der Waals surface area contributed by atoms with Gasteiger partial charge in [0.25, 0.3) is 0 Å². The molecule has 1 unspecified atom stereocenters. The quantitative estimate of drug-likeness (QED) is 0.618. The molecule has 3 nitrogen and oxygen atoms in total. The minimum Gasteiger partial charge on any atom is -0.403 e. The van der Waals surface area contributed by atoms with E-state index in [1.54, 1.807) is 6.20 Å². The maximum absolute atomic E-state index is 5.31. The molecule has 0 aliphatic rings. The van der Waals surface area contributed by atoms with Gasteiger partial charge in [-0.3, -0.25) is 0 Å². The summed E-state index contributed by atoms with van der Waals surface area (Å²) in [4.78, 5) is 0. The molecule has 0 amide bonds. The third-order valence-corrected chi connectivity index (χ3v) is 1.74. The van der Waals surface area contributed by atoms with Crippen LogP contribution in [0.1, 0.15) is 20.3 Å². The highest BCUT2D eigenvalue weighted by molar-refractivity contribution is 4.78. The second-order valence-electron chi connectivity index (χ2n) is 2.83. The van der Waals surface area contributed by atoms with Crippen LogP contribution < -0.4 is 5.73 Å². The monoisotopic (exact) mass is 157 g/mol. The molecular weight excluding hydrogens is 138 g/mol. The Hall–Kier alpha value is -0.700. The zero-order valence-electron chi connectivity index (χ0n) is 7.91. The molecule has 0 fully saturated rings. The molecule has 1 atom stereocenters. The lowest BCUT2D eigenvalue weighted by Crippen LogP contribution is -2.39. The zero-order valence-corrected chi connectivity index (χ0v) is 7.91. The SMILES string of the molecule is CCC(C)N(/C=C\N)N(C)C. The van der Waals surface area contributed by atoms with Gasteiger partial charge in [0.1, 0.15) is 0 Å². The largest absolute Gasteiger partial charge is 0.403 e. The standard InChI is InChI=1S/C8H19N3/c1-5-8(2)11(7-6-9)10(3)4/h6-8H,5,9H2,1-4H3/b7-6-. The molecule has 0 rings (SSSR count). The molecular formula is C8H19N3. The fourth-order valence-electron chi connectivity index (χ4n) is 0.950. The van der Waals surface area contributed by atoms with Gasteiger partial charge in [0.15, 0.2) is 0 Å². The van der Waals surface area contributed by atoms with Crippen molar-refractivity contribution >= 4 is 0 Å². The Labute approximate surface area is 69.4 Å². The molecule has 2 N–H and O–H groups in total. The van der Waals surface area contributed by atoms with Crippen LogP contribution in [-0.2, 0) is 0 Å². The molecule has 0 aromatic carbocycles. The molecule has 0 aliphatic heterocycles. The van der Waals surface area contributed by atoms with E-state index < -0.39 is 0 Å². The number of hydrogen-bond donors (Lipinski definition) is 1. The molecule has 0 spiro atoms. The van der Waals surface area contributed by atoms with Crippen LogP contribution in [0.3, 0.4) is 0 Å². The van der Waals surface area contributed by atoms with Gasteiger partial charge in [-0.25, -0.2) is 5.01 Å². The highest BCUT2D eigenvalue weighted by Crippen LogP contribution is 2.04. The molecule has 0 aromatic rings. The molecule has 0 bridgehead atoms. The van der Waals surface area contributed by atoms with Crippen molar-refractivity contribution in [1.29, 1.82) is 0 Å². The van der Waals surface area contributed by atoms with Gasteiger partial charge in [-0.2, -0.15) is 0 Å². The molecule has 11 heavy (non-hydrogen) atoms. The third kappa shape index (κ3) is 3.28. The highest BCUT2D eigenvalue weighted by Gasteiger charge is 2.08. The smallest absolute Gasteiger partial charge is 0.0420 e. The second kappa shape index (κ2) is 5.02. The van der Waals surface area contributed by atoms with E-state index in [4.69, 9.17) is 5.73 Å². The van der Waals surface area contributed by atoms with Crippen molar-refractivity contribution in [3.8, 4) is 0 Å². The van der Waals surface area contributed by atoms with Crippen LogP contribution in [0.5, 0.6) is 0 Å². The minimum absolute atomic E-state index is 0.504. The van der Waals surface area contributed by atoms with Crippen LogP contribution in [0, 0.1) is 0 Å². The number of nitrogens with zero attached hydrogens (tertiary/aromatic N) is 2. The Morgan fingerprint density at radius 3 is 2.27 bits per heavy atom.